The molecule has 4 rings (SSSR count). The molecule has 1 saturated heterocycles. The number of carboxylic acid groups (broad SMARTS) is 1. The van der Waals surface area contributed by atoms with Gasteiger partial charge in [0.05, 0.1) is 12.5 Å². The molecule has 1 amide bonds. The number of carboxylic acids is 1. The molecule has 1 heterocycles. The van der Waals surface area contributed by atoms with E-state index in [2.05, 4.69) is 15.9 Å². The van der Waals surface area contributed by atoms with E-state index in [1.807, 2.05) is 84.9 Å². The Bertz CT molecular complexity index is 1060. The fraction of sp³-hybridized carbons (Fsp3) is 0.200. The first-order chi connectivity index (χ1) is 15.0. The Morgan fingerprint density at radius 2 is 1.58 bits per heavy atom. The molecule has 0 spiro atoms. The van der Waals surface area contributed by atoms with Crippen LogP contribution in [0, 0.1) is 0 Å². The zero-order valence-electron chi connectivity index (χ0n) is 16.8. The van der Waals surface area contributed by atoms with Crippen LogP contribution in [-0.2, 0) is 22.6 Å². The molecule has 1 aliphatic rings. The van der Waals surface area contributed by atoms with Crippen molar-refractivity contribution in [2.75, 3.05) is 0 Å². The summed E-state index contributed by atoms with van der Waals surface area (Å²) in [6.45, 7) is 0.383. The summed E-state index contributed by atoms with van der Waals surface area (Å²) in [4.78, 5) is 28.5. The number of thioether (sulfide) groups is 1. The van der Waals surface area contributed by atoms with Crippen molar-refractivity contribution >= 4 is 39.6 Å². The topological polar surface area (TPSA) is 57.6 Å². The molecule has 0 bridgehead atoms. The molecule has 2 atom stereocenters. The highest BCUT2D eigenvalue weighted by molar-refractivity contribution is 9.10. The number of likely N-dealkylation sites (tertiary alicyclic amines) is 1. The van der Waals surface area contributed by atoms with E-state index < -0.39 is 16.8 Å². The van der Waals surface area contributed by atoms with E-state index in [1.165, 1.54) is 11.8 Å². The minimum Gasteiger partial charge on any atom is -0.480 e. The maximum atomic E-state index is 13.2. The molecule has 0 aromatic heterocycles. The zero-order valence-corrected chi connectivity index (χ0v) is 19.2. The summed E-state index contributed by atoms with van der Waals surface area (Å²) in [7, 11) is 0. The lowest BCUT2D eigenvalue weighted by atomic mass is 9.93. The van der Waals surface area contributed by atoms with Crippen molar-refractivity contribution in [2.24, 2.45) is 0 Å². The summed E-state index contributed by atoms with van der Waals surface area (Å²) in [6.07, 6.45) is 0.450. The number of aliphatic carboxylic acids is 1. The molecule has 4 nitrogen and oxygen atoms in total. The highest BCUT2D eigenvalue weighted by Crippen LogP contribution is 2.47. The molecule has 0 radical (unpaired) electrons. The van der Waals surface area contributed by atoms with Gasteiger partial charge in [0.15, 0.2) is 0 Å². The first-order valence-electron chi connectivity index (χ1n) is 10.0. The maximum absolute atomic E-state index is 13.2. The number of carbonyl (C=O) groups excluding carboxylic acids is 1. The Balaban J connectivity index is 1.73. The van der Waals surface area contributed by atoms with Crippen LogP contribution in [0.1, 0.15) is 17.5 Å². The first kappa shape index (κ1) is 21.7. The van der Waals surface area contributed by atoms with E-state index in [0.29, 0.717) is 13.0 Å². The van der Waals surface area contributed by atoms with Gasteiger partial charge in [0.25, 0.3) is 0 Å². The molecule has 1 fully saturated rings. The molecule has 0 saturated carbocycles. The van der Waals surface area contributed by atoms with Crippen LogP contribution in [0.4, 0.5) is 0 Å². The number of nitrogens with zero attached hydrogens (tertiary/aromatic N) is 1. The summed E-state index contributed by atoms with van der Waals surface area (Å²) in [5.74, 6) is -1.08. The summed E-state index contributed by atoms with van der Waals surface area (Å²) in [5, 5.41) is 10.4. The predicted octanol–water partition coefficient (Wildman–Crippen LogP) is 5.41. The molecule has 158 valence electrons. The second kappa shape index (κ2) is 9.28. The Morgan fingerprint density at radius 3 is 2.19 bits per heavy atom. The van der Waals surface area contributed by atoms with Crippen molar-refractivity contribution < 1.29 is 14.7 Å². The lowest BCUT2D eigenvalue weighted by Gasteiger charge is -2.34. The Labute approximate surface area is 194 Å². The summed E-state index contributed by atoms with van der Waals surface area (Å²) < 4.78 is -0.298. The minimum atomic E-state index is -1.26. The van der Waals surface area contributed by atoms with Gasteiger partial charge < -0.3 is 10.0 Å². The van der Waals surface area contributed by atoms with Crippen molar-refractivity contribution in [3.63, 3.8) is 0 Å². The number of amides is 1. The fourth-order valence-electron chi connectivity index (χ4n) is 4.03. The van der Waals surface area contributed by atoms with Crippen LogP contribution in [0.2, 0.25) is 0 Å². The molecule has 0 aliphatic carbocycles. The van der Waals surface area contributed by atoms with Gasteiger partial charge >= 0.3 is 5.97 Å². The Kier molecular flexibility index (Phi) is 6.49. The molecule has 1 N–H and O–H groups in total. The molecule has 1 aliphatic heterocycles. The number of benzene rings is 3. The number of hydrogen-bond donors (Lipinski definition) is 1. The molecular formula is C25H22BrNO3S. The van der Waals surface area contributed by atoms with Gasteiger partial charge in [-0.1, -0.05) is 76.6 Å². The van der Waals surface area contributed by atoms with Gasteiger partial charge in [-0.05, 0) is 41.8 Å². The largest absolute Gasteiger partial charge is 0.480 e. The summed E-state index contributed by atoms with van der Waals surface area (Å²) in [5.41, 5.74) is 1.99. The van der Waals surface area contributed by atoms with Crippen LogP contribution >= 0.6 is 27.7 Å². The highest BCUT2D eigenvalue weighted by Gasteiger charge is 2.57. The number of hydrogen-bond acceptors (Lipinski definition) is 3. The number of carbonyl (C=O) groups is 2. The average Bonchev–Trinajstić information content (AvgIpc) is 3.03. The minimum absolute atomic E-state index is 0.0318. The maximum Gasteiger partial charge on any atom is 0.322 e. The van der Waals surface area contributed by atoms with E-state index in [-0.39, 0.29) is 12.3 Å². The van der Waals surface area contributed by atoms with Crippen LogP contribution < -0.4 is 0 Å². The van der Waals surface area contributed by atoms with E-state index >= 15 is 0 Å². The SMILES string of the molecule is O=C1CC(Sc2ccccc2)(C(=O)O)[C@H](Cc2ccccc2)N1Cc1ccc(Br)cc1. The van der Waals surface area contributed by atoms with Crippen molar-refractivity contribution in [3.8, 4) is 0 Å². The van der Waals surface area contributed by atoms with Crippen molar-refractivity contribution in [1.29, 1.82) is 0 Å². The third kappa shape index (κ3) is 4.70. The van der Waals surface area contributed by atoms with Crippen LogP contribution in [0.25, 0.3) is 0 Å². The van der Waals surface area contributed by atoms with Crippen molar-refractivity contribution in [1.82, 2.24) is 4.90 Å². The van der Waals surface area contributed by atoms with E-state index in [4.69, 9.17) is 0 Å². The molecule has 1 unspecified atom stereocenters. The van der Waals surface area contributed by atoms with Crippen LogP contribution in [0.3, 0.4) is 0 Å². The molecular weight excluding hydrogens is 474 g/mol. The Morgan fingerprint density at radius 1 is 0.968 bits per heavy atom. The van der Waals surface area contributed by atoms with Crippen LogP contribution in [0.5, 0.6) is 0 Å². The smallest absolute Gasteiger partial charge is 0.322 e. The van der Waals surface area contributed by atoms with Gasteiger partial charge in [-0.25, -0.2) is 0 Å². The van der Waals surface area contributed by atoms with Crippen molar-refractivity contribution in [3.05, 3.63) is 101 Å². The monoisotopic (exact) mass is 495 g/mol. The summed E-state index contributed by atoms with van der Waals surface area (Å²) >= 11 is 4.72. The predicted molar refractivity (Wildman–Crippen MR) is 126 cm³/mol. The molecule has 31 heavy (non-hydrogen) atoms. The third-order valence-corrected chi connectivity index (χ3v) is 7.58. The molecule has 6 heteroatoms. The first-order valence-corrected chi connectivity index (χ1v) is 11.6. The van der Waals surface area contributed by atoms with Gasteiger partial charge in [0.2, 0.25) is 5.91 Å². The van der Waals surface area contributed by atoms with Gasteiger partial charge in [-0.3, -0.25) is 9.59 Å². The van der Waals surface area contributed by atoms with E-state index in [9.17, 15) is 14.7 Å². The lowest BCUT2D eigenvalue weighted by molar-refractivity contribution is -0.140. The third-order valence-electron chi connectivity index (χ3n) is 5.59. The van der Waals surface area contributed by atoms with Gasteiger partial charge in [0, 0.05) is 15.9 Å². The van der Waals surface area contributed by atoms with Gasteiger partial charge in [0.1, 0.15) is 4.75 Å². The number of rotatable bonds is 7. The van der Waals surface area contributed by atoms with E-state index in [0.717, 1.165) is 20.5 Å². The second-order valence-corrected chi connectivity index (χ2v) is 9.96. The van der Waals surface area contributed by atoms with Gasteiger partial charge in [-0.2, -0.15) is 0 Å². The fourth-order valence-corrected chi connectivity index (χ4v) is 5.64. The Hall–Kier alpha value is -2.57. The molecule has 3 aromatic carbocycles. The standard InChI is InChI=1S/C25H22BrNO3S/c26-20-13-11-19(12-14-20)17-27-22(15-18-7-3-1-4-8-18)25(24(29)30,16-23(27)28)31-21-9-5-2-6-10-21/h1-14,22H,15-17H2,(H,29,30)/t22-,25?/m0/s1. The van der Waals surface area contributed by atoms with Gasteiger partial charge in [-0.15, -0.1) is 11.8 Å². The van der Waals surface area contributed by atoms with Crippen LogP contribution in [-0.4, -0.2) is 32.7 Å². The normalized spacial score (nSPS) is 20.7. The summed E-state index contributed by atoms with van der Waals surface area (Å²) in [6, 6.07) is 26.6. The number of halogens is 1. The average molecular weight is 496 g/mol. The zero-order chi connectivity index (χ0) is 21.8. The van der Waals surface area contributed by atoms with Crippen LogP contribution in [0.15, 0.2) is 94.3 Å². The lowest BCUT2D eigenvalue weighted by Crippen LogP contribution is -2.49. The molecule has 3 aromatic rings. The highest BCUT2D eigenvalue weighted by atomic mass is 79.9. The van der Waals surface area contributed by atoms with E-state index in [1.54, 1.807) is 4.90 Å². The quantitative estimate of drug-likeness (QED) is 0.476. The van der Waals surface area contributed by atoms with Crippen molar-refractivity contribution in [2.45, 2.75) is 35.1 Å². The second-order valence-electron chi connectivity index (χ2n) is 7.64.